The van der Waals surface area contributed by atoms with Gasteiger partial charge in [-0.15, -0.1) is 0 Å². The molecule has 0 bridgehead atoms. The number of nitrogens with zero attached hydrogens (tertiary/aromatic N) is 2. The molecule has 0 atom stereocenters. The molecule has 2 rings (SSSR count). The number of rotatable bonds is 3. The van der Waals surface area contributed by atoms with Crippen LogP contribution in [0.3, 0.4) is 0 Å². The van der Waals surface area contributed by atoms with E-state index in [1.807, 2.05) is 13.8 Å². The quantitative estimate of drug-likeness (QED) is 0.907. The number of hydrogen-bond donors (Lipinski definition) is 1. The van der Waals surface area contributed by atoms with Crippen LogP contribution >= 0.6 is 0 Å². The average molecular weight is 260 g/mol. The van der Waals surface area contributed by atoms with Gasteiger partial charge in [-0.3, -0.25) is 0 Å². The maximum atomic E-state index is 13.0. The van der Waals surface area contributed by atoms with Crippen molar-refractivity contribution >= 4 is 0 Å². The highest BCUT2D eigenvalue weighted by molar-refractivity contribution is 4.98. The Morgan fingerprint density at radius 1 is 1.28 bits per heavy atom. The van der Waals surface area contributed by atoms with Crippen molar-refractivity contribution in [3.05, 3.63) is 11.7 Å². The Balaban J connectivity index is 2.00. The SMILES string of the molecule is CC(C)c1noc(CC2(O)CCC(F)(F)CC2)n1. The first-order valence-electron chi connectivity index (χ1n) is 6.22. The third kappa shape index (κ3) is 3.04. The molecular formula is C12H18F2N2O2. The summed E-state index contributed by atoms with van der Waals surface area (Å²) < 4.78 is 31.1. The molecule has 1 heterocycles. The van der Waals surface area contributed by atoms with Crippen LogP contribution in [0.1, 0.15) is 57.2 Å². The van der Waals surface area contributed by atoms with Crippen LogP contribution in [-0.2, 0) is 6.42 Å². The number of aliphatic hydroxyl groups is 1. The molecule has 18 heavy (non-hydrogen) atoms. The summed E-state index contributed by atoms with van der Waals surface area (Å²) in [6, 6.07) is 0. The van der Waals surface area contributed by atoms with Crippen LogP contribution in [0.15, 0.2) is 4.52 Å². The van der Waals surface area contributed by atoms with E-state index in [1.54, 1.807) is 0 Å². The molecule has 1 saturated carbocycles. The zero-order valence-electron chi connectivity index (χ0n) is 10.6. The third-order valence-electron chi connectivity index (χ3n) is 3.39. The first-order valence-corrected chi connectivity index (χ1v) is 6.22. The summed E-state index contributed by atoms with van der Waals surface area (Å²) in [5, 5.41) is 14.0. The minimum absolute atomic E-state index is 0.0688. The maximum Gasteiger partial charge on any atom is 0.248 e. The van der Waals surface area contributed by atoms with Crippen molar-refractivity contribution in [2.45, 2.75) is 63.4 Å². The van der Waals surface area contributed by atoms with Gasteiger partial charge in [-0.1, -0.05) is 19.0 Å². The number of alkyl halides is 2. The molecule has 1 aliphatic rings. The molecule has 0 saturated heterocycles. The predicted octanol–water partition coefficient (Wildman–Crippen LogP) is 2.68. The Morgan fingerprint density at radius 2 is 1.89 bits per heavy atom. The van der Waals surface area contributed by atoms with Crippen LogP contribution in [0, 0.1) is 0 Å². The highest BCUT2D eigenvalue weighted by Crippen LogP contribution is 2.39. The standard InChI is InChI=1S/C12H18F2N2O2/c1-8(2)10-15-9(18-16-10)7-11(17)3-5-12(13,14)6-4-11/h8,17H,3-7H2,1-2H3. The fourth-order valence-corrected chi connectivity index (χ4v) is 2.11. The lowest BCUT2D eigenvalue weighted by atomic mass is 9.80. The van der Waals surface area contributed by atoms with Gasteiger partial charge in [-0.2, -0.15) is 4.98 Å². The fourth-order valence-electron chi connectivity index (χ4n) is 2.11. The second-order valence-corrected chi connectivity index (χ2v) is 5.46. The second-order valence-electron chi connectivity index (χ2n) is 5.46. The first kappa shape index (κ1) is 13.4. The smallest absolute Gasteiger partial charge is 0.248 e. The molecule has 0 amide bonds. The molecule has 1 aromatic heterocycles. The van der Waals surface area contributed by atoms with E-state index in [2.05, 4.69) is 10.1 Å². The van der Waals surface area contributed by atoms with Crippen LogP contribution < -0.4 is 0 Å². The molecule has 0 aliphatic heterocycles. The lowest BCUT2D eigenvalue weighted by molar-refractivity contribution is -0.105. The second kappa shape index (κ2) is 4.57. The summed E-state index contributed by atoms with van der Waals surface area (Å²) >= 11 is 0. The molecule has 0 radical (unpaired) electrons. The van der Waals surface area contributed by atoms with E-state index in [4.69, 9.17) is 4.52 Å². The zero-order valence-corrected chi connectivity index (χ0v) is 10.6. The normalized spacial score (nSPS) is 22.3. The molecule has 102 valence electrons. The monoisotopic (exact) mass is 260 g/mol. The van der Waals surface area contributed by atoms with Crippen LogP contribution in [0.2, 0.25) is 0 Å². The molecule has 1 N–H and O–H groups in total. The molecule has 0 spiro atoms. The number of halogens is 2. The molecular weight excluding hydrogens is 242 g/mol. The van der Waals surface area contributed by atoms with Crippen molar-refractivity contribution < 1.29 is 18.4 Å². The van der Waals surface area contributed by atoms with Gasteiger partial charge in [0.05, 0.1) is 12.0 Å². The minimum Gasteiger partial charge on any atom is -0.389 e. The lowest BCUT2D eigenvalue weighted by Crippen LogP contribution is -2.40. The predicted molar refractivity (Wildman–Crippen MR) is 60.5 cm³/mol. The Bertz CT molecular complexity index is 408. The minimum atomic E-state index is -2.65. The van der Waals surface area contributed by atoms with Gasteiger partial charge in [0.25, 0.3) is 0 Å². The van der Waals surface area contributed by atoms with Crippen molar-refractivity contribution in [2.75, 3.05) is 0 Å². The van der Waals surface area contributed by atoms with Crippen molar-refractivity contribution in [3.63, 3.8) is 0 Å². The van der Waals surface area contributed by atoms with E-state index in [9.17, 15) is 13.9 Å². The summed E-state index contributed by atoms with van der Waals surface area (Å²) in [6.45, 7) is 3.87. The Kier molecular flexibility index (Phi) is 3.40. The van der Waals surface area contributed by atoms with E-state index in [1.165, 1.54) is 0 Å². The van der Waals surface area contributed by atoms with Gasteiger partial charge in [0.1, 0.15) is 0 Å². The van der Waals surface area contributed by atoms with Crippen LogP contribution in [0.4, 0.5) is 8.78 Å². The average Bonchev–Trinajstić information content (AvgIpc) is 2.72. The molecule has 4 nitrogen and oxygen atoms in total. The van der Waals surface area contributed by atoms with Crippen LogP contribution in [0.5, 0.6) is 0 Å². The molecule has 1 fully saturated rings. The topological polar surface area (TPSA) is 59.2 Å². The van der Waals surface area contributed by atoms with Gasteiger partial charge >= 0.3 is 0 Å². The Labute approximate surface area is 104 Å². The van der Waals surface area contributed by atoms with E-state index >= 15 is 0 Å². The number of hydrogen-bond acceptors (Lipinski definition) is 4. The van der Waals surface area contributed by atoms with Gasteiger partial charge in [0.15, 0.2) is 5.82 Å². The van der Waals surface area contributed by atoms with Crippen LogP contribution in [-0.4, -0.2) is 26.8 Å². The largest absolute Gasteiger partial charge is 0.389 e. The highest BCUT2D eigenvalue weighted by Gasteiger charge is 2.43. The molecule has 0 aromatic carbocycles. The molecule has 1 aromatic rings. The summed E-state index contributed by atoms with van der Waals surface area (Å²) in [7, 11) is 0. The van der Waals surface area contributed by atoms with Crippen molar-refractivity contribution in [2.24, 2.45) is 0 Å². The van der Waals surface area contributed by atoms with Gasteiger partial charge in [-0.05, 0) is 12.8 Å². The summed E-state index contributed by atoms with van der Waals surface area (Å²) in [5.41, 5.74) is -1.14. The Morgan fingerprint density at radius 3 is 2.39 bits per heavy atom. The van der Waals surface area contributed by atoms with Gasteiger partial charge < -0.3 is 9.63 Å². The fraction of sp³-hybridized carbons (Fsp3) is 0.833. The van der Waals surface area contributed by atoms with E-state index in [0.717, 1.165) is 0 Å². The first-order chi connectivity index (χ1) is 8.30. The van der Waals surface area contributed by atoms with Gasteiger partial charge in [0.2, 0.25) is 11.8 Å². The van der Waals surface area contributed by atoms with E-state index in [-0.39, 0.29) is 38.0 Å². The van der Waals surface area contributed by atoms with Crippen molar-refractivity contribution in [1.82, 2.24) is 10.1 Å². The summed E-state index contributed by atoms with van der Waals surface area (Å²) in [5.74, 6) is -1.60. The van der Waals surface area contributed by atoms with Gasteiger partial charge in [-0.25, -0.2) is 8.78 Å². The van der Waals surface area contributed by atoms with E-state index in [0.29, 0.717) is 11.7 Å². The summed E-state index contributed by atoms with van der Waals surface area (Å²) in [6.07, 6.45) is -0.273. The van der Waals surface area contributed by atoms with Crippen molar-refractivity contribution in [3.8, 4) is 0 Å². The molecule has 0 unspecified atom stereocenters. The lowest BCUT2D eigenvalue weighted by Gasteiger charge is -2.34. The summed E-state index contributed by atoms with van der Waals surface area (Å²) in [4.78, 5) is 4.16. The molecule has 1 aliphatic carbocycles. The highest BCUT2D eigenvalue weighted by atomic mass is 19.3. The maximum absolute atomic E-state index is 13.0. The third-order valence-corrected chi connectivity index (χ3v) is 3.39. The molecule has 6 heteroatoms. The van der Waals surface area contributed by atoms with E-state index < -0.39 is 11.5 Å². The number of aromatic nitrogens is 2. The zero-order chi connectivity index (χ0) is 13.4. The Hall–Kier alpha value is -1.04. The van der Waals surface area contributed by atoms with Gasteiger partial charge in [0, 0.05) is 18.8 Å². The van der Waals surface area contributed by atoms with Crippen molar-refractivity contribution in [1.29, 1.82) is 0 Å². The van der Waals surface area contributed by atoms with Crippen LogP contribution in [0.25, 0.3) is 0 Å².